The molecule has 156 valence electrons. The van der Waals surface area contributed by atoms with Gasteiger partial charge in [-0.2, -0.15) is 0 Å². The van der Waals surface area contributed by atoms with Crippen molar-refractivity contribution in [2.75, 3.05) is 22.9 Å². The Morgan fingerprint density at radius 1 is 1.10 bits per heavy atom. The molecule has 29 heavy (non-hydrogen) atoms. The summed E-state index contributed by atoms with van der Waals surface area (Å²) in [6.07, 6.45) is 7.88. The number of benzene rings is 2. The molecular weight excluding hydrogens is 402 g/mol. The van der Waals surface area contributed by atoms with Crippen LogP contribution in [0.1, 0.15) is 37.7 Å². The SMILES string of the molecule is CN(c1cccc(NC(=S)NC2(CCc3ccccc3)CCCC2)c1)S(C)(=O)=O. The molecule has 1 saturated carbocycles. The Kier molecular flexibility index (Phi) is 6.80. The molecule has 0 aromatic heterocycles. The van der Waals surface area contributed by atoms with E-state index in [0.717, 1.165) is 31.4 Å². The van der Waals surface area contributed by atoms with Gasteiger partial charge in [-0.3, -0.25) is 4.31 Å². The van der Waals surface area contributed by atoms with E-state index in [1.807, 2.05) is 18.2 Å². The minimum Gasteiger partial charge on any atom is -0.357 e. The van der Waals surface area contributed by atoms with E-state index < -0.39 is 10.0 Å². The molecule has 0 aliphatic heterocycles. The topological polar surface area (TPSA) is 61.4 Å². The molecule has 1 aliphatic rings. The Bertz CT molecular complexity index is 940. The van der Waals surface area contributed by atoms with Gasteiger partial charge < -0.3 is 10.6 Å². The van der Waals surface area contributed by atoms with Gasteiger partial charge in [0.25, 0.3) is 0 Å². The van der Waals surface area contributed by atoms with Gasteiger partial charge in [-0.25, -0.2) is 8.42 Å². The molecular formula is C22H29N3O2S2. The molecule has 0 radical (unpaired) electrons. The van der Waals surface area contributed by atoms with Crippen LogP contribution in [-0.4, -0.2) is 32.4 Å². The quantitative estimate of drug-likeness (QED) is 0.640. The first-order valence-corrected chi connectivity index (χ1v) is 12.2. The molecule has 0 amide bonds. The standard InChI is InChI=1S/C22H29N3O2S2/c1-25(29(2,26)27)20-12-8-11-19(17-20)23-21(28)24-22(14-6-7-15-22)16-13-18-9-4-3-5-10-18/h3-5,8-12,17H,6-7,13-16H2,1-2H3,(H2,23,24,28). The molecule has 1 aliphatic carbocycles. The summed E-state index contributed by atoms with van der Waals surface area (Å²) in [5.41, 5.74) is 2.73. The summed E-state index contributed by atoms with van der Waals surface area (Å²) >= 11 is 5.60. The third-order valence-electron chi connectivity index (χ3n) is 5.64. The van der Waals surface area contributed by atoms with E-state index in [2.05, 4.69) is 34.9 Å². The van der Waals surface area contributed by atoms with Crippen LogP contribution in [0.25, 0.3) is 0 Å². The van der Waals surface area contributed by atoms with Crippen LogP contribution in [0.15, 0.2) is 54.6 Å². The largest absolute Gasteiger partial charge is 0.357 e. The fourth-order valence-corrected chi connectivity index (χ4v) is 4.72. The highest BCUT2D eigenvalue weighted by Gasteiger charge is 2.34. The van der Waals surface area contributed by atoms with Gasteiger partial charge in [0.15, 0.2) is 5.11 Å². The van der Waals surface area contributed by atoms with E-state index in [0.29, 0.717) is 10.8 Å². The van der Waals surface area contributed by atoms with Gasteiger partial charge in [-0.15, -0.1) is 0 Å². The molecule has 5 nitrogen and oxygen atoms in total. The van der Waals surface area contributed by atoms with Gasteiger partial charge >= 0.3 is 0 Å². The lowest BCUT2D eigenvalue weighted by Crippen LogP contribution is -2.48. The molecule has 0 heterocycles. The zero-order valence-corrected chi connectivity index (χ0v) is 18.7. The van der Waals surface area contributed by atoms with Crippen molar-refractivity contribution in [1.82, 2.24) is 5.32 Å². The highest BCUT2D eigenvalue weighted by molar-refractivity contribution is 7.92. The Balaban J connectivity index is 1.65. The van der Waals surface area contributed by atoms with Crippen LogP contribution in [0, 0.1) is 0 Å². The molecule has 0 saturated heterocycles. The van der Waals surface area contributed by atoms with Gasteiger partial charge in [0.1, 0.15) is 0 Å². The lowest BCUT2D eigenvalue weighted by atomic mass is 9.89. The molecule has 1 fully saturated rings. The number of sulfonamides is 1. The van der Waals surface area contributed by atoms with Crippen molar-refractivity contribution in [3.05, 3.63) is 60.2 Å². The van der Waals surface area contributed by atoms with E-state index in [-0.39, 0.29) is 5.54 Å². The molecule has 2 N–H and O–H groups in total. The fraction of sp³-hybridized carbons (Fsp3) is 0.409. The number of aryl methyl sites for hydroxylation is 1. The first-order chi connectivity index (χ1) is 13.8. The van der Waals surface area contributed by atoms with E-state index in [1.165, 1.54) is 29.0 Å². The summed E-state index contributed by atoms with van der Waals surface area (Å²) in [4.78, 5) is 0. The normalized spacial score (nSPS) is 15.7. The molecule has 0 unspecified atom stereocenters. The van der Waals surface area contributed by atoms with Crippen molar-refractivity contribution in [3.8, 4) is 0 Å². The van der Waals surface area contributed by atoms with Crippen molar-refractivity contribution >= 4 is 38.7 Å². The van der Waals surface area contributed by atoms with Crippen LogP contribution < -0.4 is 14.9 Å². The number of rotatable bonds is 7. The molecule has 3 rings (SSSR count). The number of anilines is 2. The van der Waals surface area contributed by atoms with E-state index in [1.54, 1.807) is 19.2 Å². The average Bonchev–Trinajstić information content (AvgIpc) is 3.14. The van der Waals surface area contributed by atoms with Crippen LogP contribution in [-0.2, 0) is 16.4 Å². The smallest absolute Gasteiger partial charge is 0.231 e. The van der Waals surface area contributed by atoms with Crippen molar-refractivity contribution in [3.63, 3.8) is 0 Å². The molecule has 0 bridgehead atoms. The summed E-state index contributed by atoms with van der Waals surface area (Å²) in [6, 6.07) is 17.8. The van der Waals surface area contributed by atoms with E-state index in [4.69, 9.17) is 12.2 Å². The first kappa shape index (κ1) is 21.6. The van der Waals surface area contributed by atoms with Gasteiger partial charge in [-0.05, 0) is 61.7 Å². The Labute approximate surface area is 179 Å². The summed E-state index contributed by atoms with van der Waals surface area (Å²) in [7, 11) is -1.76. The summed E-state index contributed by atoms with van der Waals surface area (Å²) in [6.45, 7) is 0. The number of nitrogens with zero attached hydrogens (tertiary/aromatic N) is 1. The van der Waals surface area contributed by atoms with Gasteiger partial charge in [0.05, 0.1) is 11.9 Å². The molecule has 7 heteroatoms. The van der Waals surface area contributed by atoms with Crippen LogP contribution >= 0.6 is 12.2 Å². The van der Waals surface area contributed by atoms with Gasteiger partial charge in [0.2, 0.25) is 10.0 Å². The van der Waals surface area contributed by atoms with Gasteiger partial charge in [0, 0.05) is 18.3 Å². The third kappa shape index (κ3) is 5.93. The average molecular weight is 432 g/mol. The van der Waals surface area contributed by atoms with Crippen molar-refractivity contribution in [2.45, 2.75) is 44.1 Å². The summed E-state index contributed by atoms with van der Waals surface area (Å²) < 4.78 is 24.8. The predicted molar refractivity (Wildman–Crippen MR) is 125 cm³/mol. The lowest BCUT2D eigenvalue weighted by Gasteiger charge is -2.32. The van der Waals surface area contributed by atoms with Crippen LogP contribution in [0.3, 0.4) is 0 Å². The summed E-state index contributed by atoms with van der Waals surface area (Å²) in [5, 5.41) is 7.40. The fourth-order valence-electron chi connectivity index (χ4n) is 3.89. The number of nitrogens with one attached hydrogen (secondary N) is 2. The van der Waals surface area contributed by atoms with Crippen molar-refractivity contribution < 1.29 is 8.42 Å². The lowest BCUT2D eigenvalue weighted by molar-refractivity contribution is 0.362. The Morgan fingerprint density at radius 3 is 2.45 bits per heavy atom. The maximum absolute atomic E-state index is 11.8. The molecule has 2 aromatic rings. The van der Waals surface area contributed by atoms with Crippen molar-refractivity contribution in [2.24, 2.45) is 0 Å². The number of hydrogen-bond donors (Lipinski definition) is 2. The molecule has 0 spiro atoms. The zero-order chi connectivity index (χ0) is 20.9. The zero-order valence-electron chi connectivity index (χ0n) is 17.0. The minimum absolute atomic E-state index is 0.0150. The highest BCUT2D eigenvalue weighted by Crippen LogP contribution is 2.34. The van der Waals surface area contributed by atoms with Crippen LogP contribution in [0.4, 0.5) is 11.4 Å². The number of thiocarbonyl (C=S) groups is 1. The maximum atomic E-state index is 11.8. The van der Waals surface area contributed by atoms with Crippen molar-refractivity contribution in [1.29, 1.82) is 0 Å². The van der Waals surface area contributed by atoms with E-state index >= 15 is 0 Å². The molecule has 2 aromatic carbocycles. The minimum atomic E-state index is -3.31. The second-order valence-electron chi connectivity index (χ2n) is 7.83. The predicted octanol–water partition coefficient (Wildman–Crippen LogP) is 4.31. The van der Waals surface area contributed by atoms with Crippen LogP contribution in [0.2, 0.25) is 0 Å². The van der Waals surface area contributed by atoms with E-state index in [9.17, 15) is 8.42 Å². The second kappa shape index (κ2) is 9.13. The maximum Gasteiger partial charge on any atom is 0.231 e. The monoisotopic (exact) mass is 431 g/mol. The third-order valence-corrected chi connectivity index (χ3v) is 7.05. The Hall–Kier alpha value is -2.12. The summed E-state index contributed by atoms with van der Waals surface area (Å²) in [5.74, 6) is 0. The van der Waals surface area contributed by atoms with Gasteiger partial charge in [-0.1, -0.05) is 49.2 Å². The van der Waals surface area contributed by atoms with Crippen LogP contribution in [0.5, 0.6) is 0 Å². The number of hydrogen-bond acceptors (Lipinski definition) is 3. The molecule has 0 atom stereocenters. The first-order valence-electron chi connectivity index (χ1n) is 9.95. The second-order valence-corrected chi connectivity index (χ2v) is 10.3. The Morgan fingerprint density at radius 2 is 1.79 bits per heavy atom. The highest BCUT2D eigenvalue weighted by atomic mass is 32.2.